The van der Waals surface area contributed by atoms with E-state index in [1.165, 1.54) is 14.0 Å². The second-order valence-electron chi connectivity index (χ2n) is 4.62. The summed E-state index contributed by atoms with van der Waals surface area (Å²) in [6.45, 7) is 0.903. The first-order valence-electron chi connectivity index (χ1n) is 6.72. The van der Waals surface area contributed by atoms with Crippen LogP contribution in [-0.2, 0) is 20.9 Å². The fourth-order valence-corrected chi connectivity index (χ4v) is 1.86. The molecule has 0 saturated heterocycles. The van der Waals surface area contributed by atoms with Gasteiger partial charge in [0.2, 0.25) is 0 Å². The van der Waals surface area contributed by atoms with Crippen molar-refractivity contribution in [2.45, 2.75) is 19.6 Å². The van der Waals surface area contributed by atoms with E-state index in [9.17, 15) is 19.2 Å². The van der Waals surface area contributed by atoms with Crippen molar-refractivity contribution in [2.75, 3.05) is 7.05 Å². The van der Waals surface area contributed by atoms with Crippen LogP contribution >= 0.6 is 0 Å². The zero-order valence-electron chi connectivity index (χ0n) is 12.5. The van der Waals surface area contributed by atoms with Crippen molar-refractivity contribution in [1.29, 1.82) is 0 Å². The summed E-state index contributed by atoms with van der Waals surface area (Å²) in [6, 6.07) is 5.89. The van der Waals surface area contributed by atoms with Gasteiger partial charge in [-0.15, -0.1) is 0 Å². The molecule has 122 valence electrons. The number of hydrogen-bond donors (Lipinski definition) is 2. The van der Waals surface area contributed by atoms with Gasteiger partial charge in [-0.2, -0.15) is 0 Å². The lowest BCUT2D eigenvalue weighted by Crippen LogP contribution is -2.43. The van der Waals surface area contributed by atoms with Crippen LogP contribution in [0.2, 0.25) is 0 Å². The molecule has 0 bridgehead atoms. The highest BCUT2D eigenvalue weighted by molar-refractivity contribution is 5.97. The Kier molecular flexibility index (Phi) is 4.79. The number of rotatable bonds is 4. The van der Waals surface area contributed by atoms with Crippen LogP contribution in [0.4, 0.5) is 4.79 Å². The molecule has 0 spiro atoms. The second-order valence-corrected chi connectivity index (χ2v) is 4.62. The number of imide groups is 1. The van der Waals surface area contributed by atoms with E-state index in [1.807, 2.05) is 5.32 Å². The molecule has 0 aliphatic rings. The van der Waals surface area contributed by atoms with E-state index in [4.69, 9.17) is 9.15 Å². The summed E-state index contributed by atoms with van der Waals surface area (Å²) in [5.41, 5.74) is 0.785. The molecule has 9 nitrogen and oxygen atoms in total. The molecule has 23 heavy (non-hydrogen) atoms. The fourth-order valence-electron chi connectivity index (χ4n) is 1.86. The number of carbonyl (C=O) groups excluding carboxylic acids is 3. The number of ether oxygens (including phenoxy) is 1. The van der Waals surface area contributed by atoms with Crippen LogP contribution in [0.1, 0.15) is 6.92 Å². The molecule has 0 aliphatic heterocycles. The van der Waals surface area contributed by atoms with Crippen LogP contribution in [0.15, 0.2) is 33.5 Å². The highest BCUT2D eigenvalue weighted by Crippen LogP contribution is 2.11. The van der Waals surface area contributed by atoms with E-state index in [1.54, 1.807) is 24.3 Å². The zero-order valence-corrected chi connectivity index (χ0v) is 12.5. The molecule has 1 aromatic carbocycles. The number of amides is 3. The largest absolute Gasteiger partial charge is 0.451 e. The van der Waals surface area contributed by atoms with E-state index < -0.39 is 36.3 Å². The molecule has 2 N–H and O–H groups in total. The Morgan fingerprint density at radius 1 is 1.30 bits per heavy atom. The smallest absolute Gasteiger partial charge is 0.420 e. The number of urea groups is 1. The number of aromatic nitrogens is 1. The van der Waals surface area contributed by atoms with Crippen LogP contribution < -0.4 is 16.4 Å². The number of hydrogen-bond acceptors (Lipinski definition) is 6. The summed E-state index contributed by atoms with van der Waals surface area (Å²) in [6.07, 6.45) is -1.19. The van der Waals surface area contributed by atoms with Crippen molar-refractivity contribution < 1.29 is 23.5 Å². The first kappa shape index (κ1) is 16.3. The predicted octanol–water partition coefficient (Wildman–Crippen LogP) is -0.0182. The third kappa shape index (κ3) is 3.76. The van der Waals surface area contributed by atoms with Crippen molar-refractivity contribution in [2.24, 2.45) is 0 Å². The normalized spacial score (nSPS) is 11.7. The van der Waals surface area contributed by atoms with Crippen molar-refractivity contribution >= 4 is 29.0 Å². The average Bonchev–Trinajstić information content (AvgIpc) is 2.83. The van der Waals surface area contributed by atoms with E-state index in [2.05, 4.69) is 5.32 Å². The van der Waals surface area contributed by atoms with Crippen LogP contribution in [0.5, 0.6) is 0 Å². The van der Waals surface area contributed by atoms with Crippen molar-refractivity contribution in [3.63, 3.8) is 0 Å². The van der Waals surface area contributed by atoms with E-state index >= 15 is 0 Å². The third-order valence-electron chi connectivity index (χ3n) is 3.00. The summed E-state index contributed by atoms with van der Waals surface area (Å²) >= 11 is 0. The molecule has 0 saturated carbocycles. The first-order valence-corrected chi connectivity index (χ1v) is 6.72. The van der Waals surface area contributed by atoms with Crippen molar-refractivity contribution in [1.82, 2.24) is 15.2 Å². The first-order chi connectivity index (χ1) is 10.9. The van der Waals surface area contributed by atoms with Crippen molar-refractivity contribution in [3.05, 3.63) is 34.8 Å². The molecule has 0 aliphatic carbocycles. The molecule has 0 unspecified atom stereocenters. The molecule has 2 aromatic rings. The molecule has 0 radical (unpaired) electrons. The van der Waals surface area contributed by atoms with Crippen LogP contribution in [0, 0.1) is 0 Å². The van der Waals surface area contributed by atoms with Crippen molar-refractivity contribution in [3.8, 4) is 0 Å². The zero-order chi connectivity index (χ0) is 17.0. The number of benzene rings is 1. The summed E-state index contributed by atoms with van der Waals surface area (Å²) in [7, 11) is 1.34. The molecule has 1 heterocycles. The summed E-state index contributed by atoms with van der Waals surface area (Å²) in [4.78, 5) is 46.2. The monoisotopic (exact) mass is 321 g/mol. The molecule has 1 atom stereocenters. The standard InChI is InChI=1S/C14H15N3O6/c1-8(12(19)16-13(20)15-2)22-11(18)7-17-9-5-3-4-6-10(9)23-14(17)21/h3-6,8H,7H2,1-2H3,(H2,15,16,19,20)/t8-/m0/s1. The average molecular weight is 321 g/mol. The SMILES string of the molecule is CNC(=O)NC(=O)[C@H](C)OC(=O)Cn1c(=O)oc2ccccc21. The van der Waals surface area contributed by atoms with Gasteiger partial charge in [-0.1, -0.05) is 12.1 Å². The van der Waals surface area contributed by atoms with Crippen LogP contribution in [0.3, 0.4) is 0 Å². The Hall–Kier alpha value is -3.10. The second kappa shape index (κ2) is 6.77. The van der Waals surface area contributed by atoms with Gasteiger partial charge in [-0.3, -0.25) is 19.5 Å². The summed E-state index contributed by atoms with van der Waals surface area (Å²) < 4.78 is 11.0. The maximum Gasteiger partial charge on any atom is 0.420 e. The van der Waals surface area contributed by atoms with Gasteiger partial charge < -0.3 is 14.5 Å². The Balaban J connectivity index is 2.04. The summed E-state index contributed by atoms with van der Waals surface area (Å²) in [5.74, 6) is -2.29. The molecule has 0 fully saturated rings. The minimum atomic E-state index is -1.19. The van der Waals surface area contributed by atoms with Gasteiger partial charge in [0.15, 0.2) is 11.7 Å². The highest BCUT2D eigenvalue weighted by Gasteiger charge is 2.21. The lowest BCUT2D eigenvalue weighted by atomic mass is 10.3. The van der Waals surface area contributed by atoms with Gasteiger partial charge in [0.05, 0.1) is 5.52 Å². The van der Waals surface area contributed by atoms with Gasteiger partial charge in [0.25, 0.3) is 5.91 Å². The number of esters is 1. The number of nitrogens with one attached hydrogen (secondary N) is 2. The van der Waals surface area contributed by atoms with E-state index in [0.717, 1.165) is 4.57 Å². The lowest BCUT2D eigenvalue weighted by molar-refractivity contribution is -0.155. The van der Waals surface area contributed by atoms with Crippen LogP contribution in [0.25, 0.3) is 11.1 Å². The minimum Gasteiger partial charge on any atom is -0.451 e. The lowest BCUT2D eigenvalue weighted by Gasteiger charge is -2.12. The maximum absolute atomic E-state index is 11.9. The maximum atomic E-state index is 11.9. The van der Waals surface area contributed by atoms with Crippen LogP contribution in [-0.4, -0.2) is 35.6 Å². The Morgan fingerprint density at radius 2 is 2.00 bits per heavy atom. The topological polar surface area (TPSA) is 120 Å². The molecule has 3 amide bonds. The number of carbonyl (C=O) groups is 3. The minimum absolute atomic E-state index is 0.343. The Labute approximate surface area is 130 Å². The van der Waals surface area contributed by atoms with E-state index in [0.29, 0.717) is 11.1 Å². The fraction of sp³-hybridized carbons (Fsp3) is 0.286. The van der Waals surface area contributed by atoms with Gasteiger partial charge >= 0.3 is 17.8 Å². The molecule has 9 heteroatoms. The number of para-hydroxylation sites is 2. The van der Waals surface area contributed by atoms with Gasteiger partial charge in [-0.05, 0) is 19.1 Å². The number of fused-ring (bicyclic) bond motifs is 1. The predicted molar refractivity (Wildman–Crippen MR) is 78.6 cm³/mol. The molecule has 1 aromatic heterocycles. The van der Waals surface area contributed by atoms with E-state index in [-0.39, 0.29) is 0 Å². The molecule has 2 rings (SSSR count). The Morgan fingerprint density at radius 3 is 2.70 bits per heavy atom. The molecular weight excluding hydrogens is 306 g/mol. The number of oxazole rings is 1. The number of nitrogens with zero attached hydrogens (tertiary/aromatic N) is 1. The van der Waals surface area contributed by atoms with Gasteiger partial charge in [0, 0.05) is 7.05 Å². The van der Waals surface area contributed by atoms with Gasteiger partial charge in [-0.25, -0.2) is 9.59 Å². The quantitative estimate of drug-likeness (QED) is 0.764. The van der Waals surface area contributed by atoms with Gasteiger partial charge in [0.1, 0.15) is 6.54 Å². The Bertz CT molecular complexity index is 806. The highest BCUT2D eigenvalue weighted by atomic mass is 16.5. The third-order valence-corrected chi connectivity index (χ3v) is 3.00. The summed E-state index contributed by atoms with van der Waals surface area (Å²) in [5, 5.41) is 4.18. The molecular formula is C14H15N3O6.